The van der Waals surface area contributed by atoms with Crippen LogP contribution < -0.4 is 5.32 Å². The number of nitrogens with one attached hydrogen (secondary N) is 1. The highest BCUT2D eigenvalue weighted by Crippen LogP contribution is 2.14. The second-order valence-corrected chi connectivity index (χ2v) is 2.38. The number of hydrogen-bond acceptors (Lipinski definition) is 3. The van der Waals surface area contributed by atoms with Crippen molar-refractivity contribution in [1.29, 1.82) is 0 Å². The number of carbonyl (C=O) groups is 1. The molecule has 6 heteroatoms. The highest BCUT2D eigenvalue weighted by atomic mass is 19.4. The first-order valence-corrected chi connectivity index (χ1v) is 3.89. The molecule has 13 heavy (non-hydrogen) atoms. The summed E-state index contributed by atoms with van der Waals surface area (Å²) >= 11 is 0. The Bertz CT molecular complexity index is 154. The molecule has 0 aromatic carbocycles. The molecule has 0 unspecified atom stereocenters. The monoisotopic (exact) mass is 199 g/mol. The van der Waals surface area contributed by atoms with Gasteiger partial charge in [0, 0.05) is 19.5 Å². The summed E-state index contributed by atoms with van der Waals surface area (Å²) in [7, 11) is 0. The normalized spacial score (nSPS) is 14.2. The molecule has 0 bridgehead atoms. The molecule has 1 heterocycles. The Kier molecular flexibility index (Phi) is 5.45. The van der Waals surface area contributed by atoms with Crippen LogP contribution in [0.4, 0.5) is 13.2 Å². The van der Waals surface area contributed by atoms with Crippen LogP contribution in [-0.2, 0) is 9.53 Å². The van der Waals surface area contributed by atoms with E-state index in [1.54, 1.807) is 0 Å². The van der Waals surface area contributed by atoms with E-state index in [1.807, 2.05) is 0 Å². The molecule has 1 aliphatic heterocycles. The van der Waals surface area contributed by atoms with Gasteiger partial charge in [0.05, 0.1) is 0 Å². The largest absolute Gasteiger partial charge is 0.456 e. The highest BCUT2D eigenvalue weighted by molar-refractivity contribution is 5.68. The van der Waals surface area contributed by atoms with Crippen LogP contribution >= 0.6 is 0 Å². The second-order valence-electron chi connectivity index (χ2n) is 2.38. The van der Waals surface area contributed by atoms with Gasteiger partial charge in [-0.3, -0.25) is 4.79 Å². The van der Waals surface area contributed by atoms with Crippen LogP contribution in [0.15, 0.2) is 0 Å². The average molecular weight is 199 g/mol. The first kappa shape index (κ1) is 12.2. The van der Waals surface area contributed by atoms with E-state index in [-0.39, 0.29) is 6.42 Å². The molecule has 1 aliphatic rings. The Morgan fingerprint density at radius 3 is 2.15 bits per heavy atom. The van der Waals surface area contributed by atoms with Gasteiger partial charge in [-0.1, -0.05) is 6.92 Å². The van der Waals surface area contributed by atoms with Crippen molar-refractivity contribution in [2.24, 2.45) is 0 Å². The van der Waals surface area contributed by atoms with Gasteiger partial charge in [-0.05, 0) is 0 Å². The molecule has 1 N–H and O–H groups in total. The summed E-state index contributed by atoms with van der Waals surface area (Å²) in [6, 6.07) is 0. The predicted octanol–water partition coefficient (Wildman–Crippen LogP) is 1.09. The molecule has 0 aromatic rings. The third-order valence-electron chi connectivity index (χ3n) is 0.935. The summed E-state index contributed by atoms with van der Waals surface area (Å²) in [5.74, 6) is -0.836. The first-order chi connectivity index (χ1) is 5.95. The number of carbonyl (C=O) groups excluding carboxylic acids is 1. The Labute approximate surface area is 74.3 Å². The maximum Gasteiger partial charge on any atom is 0.422 e. The minimum absolute atomic E-state index is 0.0317. The van der Waals surface area contributed by atoms with E-state index in [1.165, 1.54) is 20.0 Å². The quantitative estimate of drug-likeness (QED) is 0.535. The van der Waals surface area contributed by atoms with Crippen LogP contribution in [-0.4, -0.2) is 31.8 Å². The number of halogens is 3. The molecule has 0 aromatic heterocycles. The molecule has 0 radical (unpaired) electrons. The fourth-order valence-corrected chi connectivity index (χ4v) is 0.264. The van der Waals surface area contributed by atoms with Crippen molar-refractivity contribution in [3.05, 3.63) is 0 Å². The predicted molar refractivity (Wildman–Crippen MR) is 40.2 cm³/mol. The topological polar surface area (TPSA) is 48.2 Å². The summed E-state index contributed by atoms with van der Waals surface area (Å²) in [5, 5.41) is 3.00. The lowest BCUT2D eigenvalue weighted by Crippen LogP contribution is -2.19. The zero-order valence-corrected chi connectivity index (χ0v) is 7.28. The van der Waals surface area contributed by atoms with Gasteiger partial charge in [0.15, 0.2) is 6.61 Å². The summed E-state index contributed by atoms with van der Waals surface area (Å²) < 4.78 is 37.6. The third-order valence-corrected chi connectivity index (χ3v) is 0.935. The number of esters is 1. The molecule has 0 spiro atoms. The molecular formula is C7H12F3NO2. The van der Waals surface area contributed by atoms with Gasteiger partial charge in [-0.2, -0.15) is 13.2 Å². The smallest absolute Gasteiger partial charge is 0.422 e. The van der Waals surface area contributed by atoms with Gasteiger partial charge >= 0.3 is 12.1 Å². The second kappa shape index (κ2) is 5.80. The van der Waals surface area contributed by atoms with Crippen molar-refractivity contribution in [2.45, 2.75) is 19.5 Å². The van der Waals surface area contributed by atoms with Crippen LogP contribution in [0.3, 0.4) is 0 Å². The van der Waals surface area contributed by atoms with Crippen LogP contribution in [0.2, 0.25) is 0 Å². The summed E-state index contributed by atoms with van der Waals surface area (Å²) in [6.45, 7) is 2.44. The van der Waals surface area contributed by atoms with E-state index in [0.29, 0.717) is 0 Å². The Hall–Kier alpha value is -0.780. The van der Waals surface area contributed by atoms with E-state index >= 15 is 0 Å². The zero-order chi connectivity index (χ0) is 10.3. The molecular weight excluding hydrogens is 187 g/mol. The number of rotatable bonds is 2. The van der Waals surface area contributed by atoms with E-state index in [4.69, 9.17) is 0 Å². The van der Waals surface area contributed by atoms with Gasteiger partial charge in [0.1, 0.15) is 0 Å². The molecule has 1 fully saturated rings. The van der Waals surface area contributed by atoms with Crippen molar-refractivity contribution in [1.82, 2.24) is 5.32 Å². The first-order valence-electron chi connectivity index (χ1n) is 3.89. The maximum absolute atomic E-state index is 11.3. The Balaban J connectivity index is 0.000000396. The Morgan fingerprint density at radius 2 is 1.92 bits per heavy atom. The molecule has 0 saturated carbocycles. The lowest BCUT2D eigenvalue weighted by molar-refractivity contribution is -0.186. The van der Waals surface area contributed by atoms with E-state index < -0.39 is 18.8 Å². The van der Waals surface area contributed by atoms with Crippen LogP contribution in [0.25, 0.3) is 0 Å². The van der Waals surface area contributed by atoms with Gasteiger partial charge in [0.25, 0.3) is 0 Å². The lowest BCUT2D eigenvalue weighted by Gasteiger charge is -2.05. The third kappa shape index (κ3) is 14.1. The molecule has 0 aliphatic carbocycles. The summed E-state index contributed by atoms with van der Waals surface area (Å²) in [5.41, 5.74) is 0. The number of hydrogen-bond donors (Lipinski definition) is 1. The molecule has 78 valence electrons. The van der Waals surface area contributed by atoms with Gasteiger partial charge < -0.3 is 10.1 Å². The van der Waals surface area contributed by atoms with Gasteiger partial charge in [-0.15, -0.1) is 0 Å². The Morgan fingerprint density at radius 1 is 1.46 bits per heavy atom. The number of alkyl halides is 3. The minimum atomic E-state index is -4.41. The van der Waals surface area contributed by atoms with Crippen molar-refractivity contribution < 1.29 is 22.7 Å². The van der Waals surface area contributed by atoms with E-state index in [0.717, 1.165) is 0 Å². The fourth-order valence-electron chi connectivity index (χ4n) is 0.264. The van der Waals surface area contributed by atoms with E-state index in [2.05, 4.69) is 10.1 Å². The molecule has 1 saturated heterocycles. The zero-order valence-electron chi connectivity index (χ0n) is 7.28. The fraction of sp³-hybridized carbons (Fsp3) is 0.857. The van der Waals surface area contributed by atoms with Crippen molar-refractivity contribution in [2.75, 3.05) is 19.7 Å². The molecule has 3 nitrogen and oxygen atoms in total. The van der Waals surface area contributed by atoms with Crippen molar-refractivity contribution >= 4 is 5.97 Å². The lowest BCUT2D eigenvalue weighted by atomic mass is 10.5. The molecule has 0 amide bonds. The summed E-state index contributed by atoms with van der Waals surface area (Å²) in [6.07, 6.45) is -4.44. The SMILES string of the molecule is C1CN1.CCC(=O)OCC(F)(F)F. The van der Waals surface area contributed by atoms with Crippen molar-refractivity contribution in [3.63, 3.8) is 0 Å². The molecule has 1 rings (SSSR count). The standard InChI is InChI=1S/C5H7F3O2.C2H5N/c1-2-4(9)10-3-5(6,7)8;1-2-3-1/h2-3H2,1H3;3H,1-2H2. The summed E-state index contributed by atoms with van der Waals surface area (Å²) in [4.78, 5) is 10.1. The van der Waals surface area contributed by atoms with Crippen LogP contribution in [0, 0.1) is 0 Å². The molecule has 0 atom stereocenters. The van der Waals surface area contributed by atoms with Gasteiger partial charge in [0.2, 0.25) is 0 Å². The van der Waals surface area contributed by atoms with Gasteiger partial charge in [-0.25, -0.2) is 0 Å². The maximum atomic E-state index is 11.3. The van der Waals surface area contributed by atoms with Crippen LogP contribution in [0.5, 0.6) is 0 Å². The highest BCUT2D eigenvalue weighted by Gasteiger charge is 2.29. The van der Waals surface area contributed by atoms with E-state index in [9.17, 15) is 18.0 Å². The van der Waals surface area contributed by atoms with Crippen LogP contribution in [0.1, 0.15) is 13.3 Å². The minimum Gasteiger partial charge on any atom is -0.456 e. The van der Waals surface area contributed by atoms with Crippen molar-refractivity contribution in [3.8, 4) is 0 Å². The average Bonchev–Trinajstić information content (AvgIpc) is 2.84. The number of ether oxygens (including phenoxy) is 1.